The fourth-order valence-electron chi connectivity index (χ4n) is 2.63. The minimum Gasteiger partial charge on any atom is -0.497 e. The van der Waals surface area contributed by atoms with Crippen molar-refractivity contribution >= 4 is 35.3 Å². The van der Waals surface area contributed by atoms with E-state index >= 15 is 0 Å². The summed E-state index contributed by atoms with van der Waals surface area (Å²) in [6, 6.07) is 12.1. The molecule has 0 unspecified atom stereocenters. The Morgan fingerprint density at radius 1 is 1.00 bits per heavy atom. The van der Waals surface area contributed by atoms with Gasteiger partial charge < -0.3 is 14.4 Å². The molecule has 2 aromatic carbocycles. The van der Waals surface area contributed by atoms with Gasteiger partial charge in [-0.1, -0.05) is 17.7 Å². The number of methoxy groups -OCH3 is 2. The van der Waals surface area contributed by atoms with E-state index < -0.39 is 0 Å². The summed E-state index contributed by atoms with van der Waals surface area (Å²) in [5.74, 6) is 0.672. The van der Waals surface area contributed by atoms with Crippen molar-refractivity contribution in [2.45, 2.75) is 0 Å². The summed E-state index contributed by atoms with van der Waals surface area (Å²) in [6.07, 6.45) is 1.49. The molecule has 1 aliphatic heterocycles. The van der Waals surface area contributed by atoms with Crippen LogP contribution in [0.4, 0.5) is 5.69 Å². The van der Waals surface area contributed by atoms with Crippen LogP contribution >= 0.6 is 11.6 Å². The lowest BCUT2D eigenvalue weighted by molar-refractivity contribution is -0.138. The topological polar surface area (TPSA) is 71.4 Å². The molecule has 2 aromatic rings. The number of piperazine rings is 1. The van der Waals surface area contributed by atoms with Crippen molar-refractivity contribution in [3.8, 4) is 11.5 Å². The first-order valence-electron chi connectivity index (χ1n) is 8.13. The Kier molecular flexibility index (Phi) is 5.61. The van der Waals surface area contributed by atoms with Crippen molar-refractivity contribution in [3.63, 3.8) is 0 Å². The predicted octanol–water partition coefficient (Wildman–Crippen LogP) is 2.57. The van der Waals surface area contributed by atoms with E-state index in [0.717, 1.165) is 5.01 Å². The number of rotatable bonds is 5. The summed E-state index contributed by atoms with van der Waals surface area (Å²) >= 11 is 5.97. The van der Waals surface area contributed by atoms with Crippen LogP contribution < -0.4 is 14.4 Å². The van der Waals surface area contributed by atoms with Gasteiger partial charge in [0.15, 0.2) is 0 Å². The molecule has 0 aliphatic carbocycles. The van der Waals surface area contributed by atoms with Gasteiger partial charge in [0.1, 0.15) is 24.6 Å². The second-order valence-electron chi connectivity index (χ2n) is 5.80. The van der Waals surface area contributed by atoms with Crippen molar-refractivity contribution in [2.75, 3.05) is 32.2 Å². The van der Waals surface area contributed by atoms with E-state index in [0.29, 0.717) is 27.8 Å². The van der Waals surface area contributed by atoms with E-state index in [1.165, 1.54) is 11.1 Å². The Labute approximate surface area is 161 Å². The van der Waals surface area contributed by atoms with Gasteiger partial charge in [0.25, 0.3) is 5.91 Å². The highest BCUT2D eigenvalue weighted by Gasteiger charge is 2.30. The van der Waals surface area contributed by atoms with Gasteiger partial charge in [0, 0.05) is 22.3 Å². The highest BCUT2D eigenvalue weighted by Crippen LogP contribution is 2.23. The van der Waals surface area contributed by atoms with Gasteiger partial charge in [-0.25, -0.2) is 5.01 Å². The van der Waals surface area contributed by atoms with Crippen LogP contribution in [-0.4, -0.2) is 50.3 Å². The predicted molar refractivity (Wildman–Crippen MR) is 103 cm³/mol. The molecule has 0 radical (unpaired) electrons. The van der Waals surface area contributed by atoms with Gasteiger partial charge in [-0.05, 0) is 30.3 Å². The van der Waals surface area contributed by atoms with Crippen LogP contribution in [0.15, 0.2) is 47.6 Å². The number of benzene rings is 2. The van der Waals surface area contributed by atoms with Crippen LogP contribution in [0.3, 0.4) is 0 Å². The van der Waals surface area contributed by atoms with E-state index in [-0.39, 0.29) is 24.9 Å². The van der Waals surface area contributed by atoms with E-state index in [2.05, 4.69) is 5.10 Å². The van der Waals surface area contributed by atoms with E-state index in [9.17, 15) is 9.59 Å². The van der Waals surface area contributed by atoms with E-state index in [4.69, 9.17) is 21.1 Å². The maximum Gasteiger partial charge on any atom is 0.263 e. The molecule has 8 heteroatoms. The van der Waals surface area contributed by atoms with Crippen LogP contribution in [-0.2, 0) is 9.59 Å². The standard InChI is InChI=1S/C19H18ClN3O4/c1-26-16-6-13(7-17(9-16)27-2)10-21-23-12-18(24)22(11-19(23)25)15-5-3-4-14(20)8-15/h3-10H,11-12H2,1-2H3/b21-10-. The van der Waals surface area contributed by atoms with E-state index in [1.54, 1.807) is 56.7 Å². The smallest absolute Gasteiger partial charge is 0.263 e. The average molecular weight is 388 g/mol. The third kappa shape index (κ3) is 4.38. The Hall–Kier alpha value is -3.06. The molecule has 1 heterocycles. The SMILES string of the molecule is COc1cc(/C=N\N2CC(=O)N(c3cccc(Cl)c3)CC2=O)cc(OC)c1. The zero-order valence-electron chi connectivity index (χ0n) is 14.9. The molecule has 0 atom stereocenters. The molecule has 3 rings (SSSR count). The highest BCUT2D eigenvalue weighted by molar-refractivity contribution is 6.31. The molecule has 140 valence electrons. The summed E-state index contributed by atoms with van der Waals surface area (Å²) in [7, 11) is 3.10. The number of carbonyl (C=O) groups is 2. The molecule has 2 amide bonds. The number of hydrogen-bond acceptors (Lipinski definition) is 5. The number of anilines is 1. The quantitative estimate of drug-likeness (QED) is 0.739. The Morgan fingerprint density at radius 3 is 2.33 bits per heavy atom. The van der Waals surface area contributed by atoms with Gasteiger partial charge in [-0.2, -0.15) is 5.10 Å². The van der Waals surface area contributed by atoms with Crippen molar-refractivity contribution in [2.24, 2.45) is 5.10 Å². The second-order valence-corrected chi connectivity index (χ2v) is 6.24. The Morgan fingerprint density at radius 2 is 1.70 bits per heavy atom. The number of carbonyl (C=O) groups excluding carboxylic acids is 2. The first kappa shape index (κ1) is 18.7. The fourth-order valence-corrected chi connectivity index (χ4v) is 2.82. The molecule has 0 saturated carbocycles. The molecule has 0 aromatic heterocycles. The van der Waals surface area contributed by atoms with Gasteiger partial charge in [-0.3, -0.25) is 9.59 Å². The number of amides is 2. The van der Waals surface area contributed by atoms with Crippen LogP contribution in [0.1, 0.15) is 5.56 Å². The zero-order valence-corrected chi connectivity index (χ0v) is 15.6. The molecule has 1 aliphatic rings. The number of hydrazone groups is 1. The zero-order chi connectivity index (χ0) is 19.4. The van der Waals surface area contributed by atoms with Crippen LogP contribution in [0, 0.1) is 0 Å². The third-order valence-corrected chi connectivity index (χ3v) is 4.24. The van der Waals surface area contributed by atoms with Gasteiger partial charge in [0.05, 0.1) is 20.4 Å². The first-order valence-corrected chi connectivity index (χ1v) is 8.51. The fraction of sp³-hybridized carbons (Fsp3) is 0.211. The van der Waals surface area contributed by atoms with Crippen LogP contribution in [0.25, 0.3) is 0 Å². The van der Waals surface area contributed by atoms with Gasteiger partial charge in [0.2, 0.25) is 5.91 Å². The number of ether oxygens (including phenoxy) is 2. The first-order chi connectivity index (χ1) is 13.0. The second kappa shape index (κ2) is 8.09. The van der Waals surface area contributed by atoms with Gasteiger partial charge >= 0.3 is 0 Å². The number of hydrogen-bond donors (Lipinski definition) is 0. The number of halogens is 1. The molecule has 1 saturated heterocycles. The molecule has 0 N–H and O–H groups in total. The molecule has 7 nitrogen and oxygen atoms in total. The van der Waals surface area contributed by atoms with Crippen molar-refractivity contribution in [3.05, 3.63) is 53.1 Å². The lowest BCUT2D eigenvalue weighted by Crippen LogP contribution is -2.52. The molecule has 1 fully saturated rings. The van der Waals surface area contributed by atoms with Crippen molar-refractivity contribution in [1.82, 2.24) is 5.01 Å². The van der Waals surface area contributed by atoms with Gasteiger partial charge in [-0.15, -0.1) is 0 Å². The molecule has 0 spiro atoms. The molecule has 27 heavy (non-hydrogen) atoms. The van der Waals surface area contributed by atoms with Crippen LogP contribution in [0.2, 0.25) is 5.02 Å². The third-order valence-electron chi connectivity index (χ3n) is 4.01. The van der Waals surface area contributed by atoms with E-state index in [1.807, 2.05) is 0 Å². The van der Waals surface area contributed by atoms with Crippen LogP contribution in [0.5, 0.6) is 11.5 Å². The lowest BCUT2D eigenvalue weighted by Gasteiger charge is -2.31. The number of nitrogens with zero attached hydrogens (tertiary/aromatic N) is 3. The lowest BCUT2D eigenvalue weighted by atomic mass is 10.2. The van der Waals surface area contributed by atoms with Crippen molar-refractivity contribution in [1.29, 1.82) is 0 Å². The van der Waals surface area contributed by atoms with Crippen molar-refractivity contribution < 1.29 is 19.1 Å². The summed E-state index contributed by atoms with van der Waals surface area (Å²) < 4.78 is 10.4. The summed E-state index contributed by atoms with van der Waals surface area (Å²) in [5, 5.41) is 5.80. The average Bonchev–Trinajstić information content (AvgIpc) is 2.67. The summed E-state index contributed by atoms with van der Waals surface area (Å²) in [4.78, 5) is 26.3. The normalized spacial score (nSPS) is 14.8. The maximum atomic E-state index is 12.4. The Bertz CT molecular complexity index is 878. The summed E-state index contributed by atoms with van der Waals surface area (Å²) in [6.45, 7) is -0.249. The minimum atomic E-state index is -0.291. The molecule has 0 bridgehead atoms. The minimum absolute atomic E-state index is 0.0993. The Balaban J connectivity index is 1.75. The summed E-state index contributed by atoms with van der Waals surface area (Å²) in [5.41, 5.74) is 1.27. The molecular formula is C19H18ClN3O4. The molecular weight excluding hydrogens is 370 g/mol. The largest absolute Gasteiger partial charge is 0.497 e. The maximum absolute atomic E-state index is 12.4. The monoisotopic (exact) mass is 387 g/mol. The highest BCUT2D eigenvalue weighted by atomic mass is 35.5.